The zero-order chi connectivity index (χ0) is 14.2. The van der Waals surface area contributed by atoms with Gasteiger partial charge in [-0.2, -0.15) is 0 Å². The fourth-order valence-corrected chi connectivity index (χ4v) is 2.17. The van der Waals surface area contributed by atoms with Crippen LogP contribution in [0.2, 0.25) is 0 Å². The Morgan fingerprint density at radius 2 is 2.05 bits per heavy atom. The molecule has 0 saturated heterocycles. The lowest BCUT2D eigenvalue weighted by Crippen LogP contribution is -2.20. The summed E-state index contributed by atoms with van der Waals surface area (Å²) < 4.78 is 29.0. The van der Waals surface area contributed by atoms with E-state index in [1.54, 1.807) is 11.5 Å². The highest BCUT2D eigenvalue weighted by Gasteiger charge is 2.19. The molecule has 19 heavy (non-hydrogen) atoms. The molecule has 0 amide bonds. The van der Waals surface area contributed by atoms with Crippen LogP contribution >= 0.6 is 11.6 Å². The van der Waals surface area contributed by atoms with Crippen molar-refractivity contribution in [1.82, 2.24) is 14.5 Å². The van der Waals surface area contributed by atoms with Gasteiger partial charge >= 0.3 is 0 Å². The average Bonchev–Trinajstić information content (AvgIpc) is 2.71. The number of nitrogens with zero attached hydrogens (tertiary/aromatic N) is 3. The summed E-state index contributed by atoms with van der Waals surface area (Å²) in [4.78, 5) is 6.26. The minimum Gasteiger partial charge on any atom is -0.323 e. The van der Waals surface area contributed by atoms with Gasteiger partial charge in [-0.1, -0.05) is 0 Å². The molecule has 1 heterocycles. The van der Waals surface area contributed by atoms with Crippen LogP contribution in [0.15, 0.2) is 12.1 Å². The molecule has 0 fully saturated rings. The van der Waals surface area contributed by atoms with E-state index in [1.807, 2.05) is 19.0 Å². The highest BCUT2D eigenvalue weighted by atomic mass is 35.5. The first kappa shape index (κ1) is 14.2. The van der Waals surface area contributed by atoms with E-state index in [0.29, 0.717) is 24.4 Å². The molecular weight excluding hydrogens is 272 g/mol. The number of likely N-dealkylation sites (N-methyl/N-ethyl adjacent to an activating group) is 1. The monoisotopic (exact) mass is 287 g/mol. The summed E-state index contributed by atoms with van der Waals surface area (Å²) >= 11 is 6.07. The highest BCUT2D eigenvalue weighted by molar-refractivity contribution is 6.20. The topological polar surface area (TPSA) is 21.1 Å². The third-order valence-corrected chi connectivity index (χ3v) is 3.15. The maximum atomic E-state index is 14.0. The number of imidazole rings is 1. The van der Waals surface area contributed by atoms with Crippen molar-refractivity contribution in [3.05, 3.63) is 29.6 Å². The molecule has 0 radical (unpaired) electrons. The van der Waals surface area contributed by atoms with Gasteiger partial charge in [0.1, 0.15) is 11.3 Å². The molecule has 1 aromatic heterocycles. The Kier molecular flexibility index (Phi) is 4.06. The number of fused-ring (bicyclic) bond motifs is 1. The van der Waals surface area contributed by atoms with Crippen LogP contribution < -0.4 is 0 Å². The Labute approximate surface area is 115 Å². The number of halogens is 3. The molecule has 0 bridgehead atoms. The first-order valence-corrected chi connectivity index (χ1v) is 6.48. The van der Waals surface area contributed by atoms with Gasteiger partial charge in [-0.3, -0.25) is 0 Å². The van der Waals surface area contributed by atoms with Crippen LogP contribution in [0.3, 0.4) is 0 Å². The summed E-state index contributed by atoms with van der Waals surface area (Å²) in [5.41, 5.74) is 0.615. The lowest BCUT2D eigenvalue weighted by molar-refractivity contribution is 0.382. The number of aromatic nitrogens is 2. The van der Waals surface area contributed by atoms with Gasteiger partial charge in [-0.05, 0) is 33.2 Å². The van der Waals surface area contributed by atoms with Crippen molar-refractivity contribution in [2.24, 2.45) is 0 Å². The molecule has 0 aliphatic heterocycles. The standard InChI is InChI=1S/C13H16ClF2N3/c1-8(14)13-17-10-5-4-9(15)11(16)12(10)19(13)7-6-18(2)3/h4-5,8H,6-7H2,1-3H3. The van der Waals surface area contributed by atoms with E-state index in [4.69, 9.17) is 11.6 Å². The first-order chi connectivity index (χ1) is 8.91. The second-order valence-corrected chi connectivity index (χ2v) is 5.42. The summed E-state index contributed by atoms with van der Waals surface area (Å²) in [6.45, 7) is 2.97. The molecule has 1 atom stereocenters. The van der Waals surface area contributed by atoms with E-state index in [0.717, 1.165) is 6.07 Å². The van der Waals surface area contributed by atoms with Crippen LogP contribution in [0, 0.1) is 11.6 Å². The first-order valence-electron chi connectivity index (χ1n) is 6.04. The van der Waals surface area contributed by atoms with Gasteiger partial charge in [0.2, 0.25) is 0 Å². The summed E-state index contributed by atoms with van der Waals surface area (Å²) in [5, 5.41) is -0.364. The zero-order valence-corrected chi connectivity index (χ0v) is 11.9. The lowest BCUT2D eigenvalue weighted by Gasteiger charge is -2.14. The van der Waals surface area contributed by atoms with Crippen molar-refractivity contribution in [3.8, 4) is 0 Å². The van der Waals surface area contributed by atoms with Crippen LogP contribution in [0.5, 0.6) is 0 Å². The third kappa shape index (κ3) is 2.72. The Morgan fingerprint density at radius 3 is 2.63 bits per heavy atom. The molecule has 2 rings (SSSR count). The van der Waals surface area contributed by atoms with Crippen LogP contribution in [0.25, 0.3) is 11.0 Å². The molecular formula is C13H16ClF2N3. The van der Waals surface area contributed by atoms with Crippen LogP contribution in [0.4, 0.5) is 8.78 Å². The predicted octanol–water partition coefficient (Wildman–Crippen LogP) is 3.18. The van der Waals surface area contributed by atoms with E-state index in [2.05, 4.69) is 4.98 Å². The largest absolute Gasteiger partial charge is 0.323 e. The molecule has 0 saturated carbocycles. The number of hydrogen-bond donors (Lipinski definition) is 0. The van der Waals surface area contributed by atoms with Crippen molar-refractivity contribution < 1.29 is 8.78 Å². The van der Waals surface area contributed by atoms with E-state index in [1.165, 1.54) is 6.07 Å². The van der Waals surface area contributed by atoms with E-state index in [-0.39, 0.29) is 10.9 Å². The van der Waals surface area contributed by atoms with Gasteiger partial charge < -0.3 is 9.47 Å². The van der Waals surface area contributed by atoms with Gasteiger partial charge in [0.15, 0.2) is 11.6 Å². The highest BCUT2D eigenvalue weighted by Crippen LogP contribution is 2.27. The Morgan fingerprint density at radius 1 is 1.37 bits per heavy atom. The number of alkyl halides is 1. The molecule has 2 aromatic rings. The fraction of sp³-hybridized carbons (Fsp3) is 0.462. The van der Waals surface area contributed by atoms with Crippen molar-refractivity contribution in [2.45, 2.75) is 18.8 Å². The normalized spacial score (nSPS) is 13.4. The summed E-state index contributed by atoms with van der Waals surface area (Å²) in [5.74, 6) is -1.18. The second-order valence-electron chi connectivity index (χ2n) is 4.77. The van der Waals surface area contributed by atoms with Crippen LogP contribution in [-0.4, -0.2) is 35.1 Å². The molecule has 0 aliphatic rings. The number of rotatable bonds is 4. The minimum atomic E-state index is -0.868. The fourth-order valence-electron chi connectivity index (χ4n) is 2.01. The van der Waals surface area contributed by atoms with Gasteiger partial charge in [0.05, 0.1) is 10.9 Å². The van der Waals surface area contributed by atoms with E-state index < -0.39 is 11.6 Å². The van der Waals surface area contributed by atoms with Crippen LogP contribution in [-0.2, 0) is 6.54 Å². The van der Waals surface area contributed by atoms with Crippen molar-refractivity contribution in [3.63, 3.8) is 0 Å². The molecule has 1 unspecified atom stereocenters. The molecule has 0 N–H and O–H groups in total. The van der Waals surface area contributed by atoms with Crippen molar-refractivity contribution >= 4 is 22.6 Å². The summed E-state index contributed by atoms with van der Waals surface area (Å²) in [7, 11) is 3.83. The second kappa shape index (κ2) is 5.43. The lowest BCUT2D eigenvalue weighted by atomic mass is 10.3. The summed E-state index contributed by atoms with van der Waals surface area (Å²) in [6, 6.07) is 2.56. The zero-order valence-electron chi connectivity index (χ0n) is 11.1. The molecule has 104 valence electrons. The Balaban J connectivity index is 2.60. The molecule has 1 aromatic carbocycles. The third-order valence-electron chi connectivity index (χ3n) is 2.96. The Hall–Kier alpha value is -1.20. The quantitative estimate of drug-likeness (QED) is 0.806. The Bertz CT molecular complexity index is 593. The molecule has 3 nitrogen and oxygen atoms in total. The summed E-state index contributed by atoms with van der Waals surface area (Å²) in [6.07, 6.45) is 0. The molecule has 0 spiro atoms. The van der Waals surface area contributed by atoms with Crippen molar-refractivity contribution in [2.75, 3.05) is 20.6 Å². The van der Waals surface area contributed by atoms with E-state index >= 15 is 0 Å². The minimum absolute atomic E-state index is 0.185. The van der Waals surface area contributed by atoms with Gasteiger partial charge in [-0.25, -0.2) is 13.8 Å². The maximum absolute atomic E-state index is 14.0. The van der Waals surface area contributed by atoms with Gasteiger partial charge in [0, 0.05) is 13.1 Å². The van der Waals surface area contributed by atoms with E-state index in [9.17, 15) is 8.78 Å². The maximum Gasteiger partial charge on any atom is 0.184 e. The SMILES string of the molecule is CC(Cl)c1nc2ccc(F)c(F)c2n1CCN(C)C. The van der Waals surface area contributed by atoms with Crippen molar-refractivity contribution in [1.29, 1.82) is 0 Å². The smallest absolute Gasteiger partial charge is 0.184 e. The number of hydrogen-bond acceptors (Lipinski definition) is 2. The molecule has 0 aliphatic carbocycles. The average molecular weight is 288 g/mol. The van der Waals surface area contributed by atoms with Gasteiger partial charge in [-0.15, -0.1) is 11.6 Å². The van der Waals surface area contributed by atoms with Gasteiger partial charge in [0.25, 0.3) is 0 Å². The molecule has 6 heteroatoms. The van der Waals surface area contributed by atoms with Crippen LogP contribution in [0.1, 0.15) is 18.1 Å². The predicted molar refractivity (Wildman–Crippen MR) is 72.5 cm³/mol. The number of benzene rings is 1.